The first kappa shape index (κ1) is 20.5. The molecular weight excluding hydrogens is 390 g/mol. The molecule has 3 aromatic rings. The number of hydrogen-bond donors (Lipinski definition) is 1. The topological polar surface area (TPSA) is 72.5 Å². The first-order chi connectivity index (χ1) is 14.9. The van der Waals surface area contributed by atoms with Gasteiger partial charge in [-0.25, -0.2) is 0 Å². The SMILES string of the molecule is Cc1ccc(C(=O)NCC(=O)OCC(=O)c2ccc3c(c2)-c2ccccc2C3)cc1C. The van der Waals surface area contributed by atoms with Crippen LogP contribution in [-0.4, -0.2) is 30.8 Å². The second-order valence-corrected chi connectivity index (χ2v) is 7.77. The number of ketones is 1. The minimum atomic E-state index is -0.656. The summed E-state index contributed by atoms with van der Waals surface area (Å²) in [6, 6.07) is 19.0. The molecular formula is C26H23NO4. The molecule has 1 aliphatic rings. The van der Waals surface area contributed by atoms with Gasteiger partial charge in [0, 0.05) is 11.1 Å². The van der Waals surface area contributed by atoms with Gasteiger partial charge in [-0.2, -0.15) is 0 Å². The molecule has 0 bridgehead atoms. The van der Waals surface area contributed by atoms with E-state index < -0.39 is 5.97 Å². The number of nitrogens with one attached hydrogen (secondary N) is 1. The Hall–Kier alpha value is -3.73. The normalized spacial score (nSPS) is 11.4. The molecule has 0 aromatic heterocycles. The zero-order chi connectivity index (χ0) is 22.0. The van der Waals surface area contributed by atoms with Crippen LogP contribution in [0.3, 0.4) is 0 Å². The van der Waals surface area contributed by atoms with Gasteiger partial charge in [-0.3, -0.25) is 14.4 Å². The molecule has 0 unspecified atom stereocenters. The Labute approximate surface area is 181 Å². The van der Waals surface area contributed by atoms with Crippen molar-refractivity contribution >= 4 is 17.7 Å². The van der Waals surface area contributed by atoms with Crippen molar-refractivity contribution in [2.45, 2.75) is 20.3 Å². The zero-order valence-corrected chi connectivity index (χ0v) is 17.5. The standard InChI is InChI=1S/C26H23NO4/c1-16-7-8-21(11-17(16)2)26(30)27-14-25(29)31-15-24(28)20-10-9-19-12-18-5-3-4-6-22(18)23(19)13-20/h3-11,13H,12,14-15H2,1-2H3,(H,27,30). The third-order valence-corrected chi connectivity index (χ3v) is 5.65. The number of Topliss-reactive ketones (excluding diaryl/α,β-unsaturated/α-hetero) is 1. The highest BCUT2D eigenvalue weighted by Crippen LogP contribution is 2.36. The Balaban J connectivity index is 1.32. The van der Waals surface area contributed by atoms with Gasteiger partial charge in [0.1, 0.15) is 6.54 Å². The van der Waals surface area contributed by atoms with E-state index in [1.54, 1.807) is 18.2 Å². The van der Waals surface area contributed by atoms with Crippen molar-refractivity contribution in [3.8, 4) is 11.1 Å². The molecule has 31 heavy (non-hydrogen) atoms. The van der Waals surface area contributed by atoms with Crippen molar-refractivity contribution in [2.75, 3.05) is 13.2 Å². The number of hydrogen-bond acceptors (Lipinski definition) is 4. The maximum absolute atomic E-state index is 12.5. The molecule has 3 aromatic carbocycles. The van der Waals surface area contributed by atoms with Crippen LogP contribution in [0.5, 0.6) is 0 Å². The van der Waals surface area contributed by atoms with Crippen molar-refractivity contribution in [1.82, 2.24) is 5.32 Å². The smallest absolute Gasteiger partial charge is 0.325 e. The van der Waals surface area contributed by atoms with E-state index in [0.29, 0.717) is 11.1 Å². The van der Waals surface area contributed by atoms with Crippen LogP contribution in [-0.2, 0) is 16.0 Å². The Morgan fingerprint density at radius 1 is 0.839 bits per heavy atom. The van der Waals surface area contributed by atoms with Crippen LogP contribution in [0.2, 0.25) is 0 Å². The van der Waals surface area contributed by atoms with Crippen LogP contribution >= 0.6 is 0 Å². The summed E-state index contributed by atoms with van der Waals surface area (Å²) in [5.74, 6) is -1.29. The fourth-order valence-corrected chi connectivity index (χ4v) is 3.71. The first-order valence-electron chi connectivity index (χ1n) is 10.2. The fourth-order valence-electron chi connectivity index (χ4n) is 3.71. The predicted octanol–water partition coefficient (Wildman–Crippen LogP) is 4.03. The quantitative estimate of drug-likeness (QED) is 0.383. The lowest BCUT2D eigenvalue weighted by Crippen LogP contribution is -2.31. The van der Waals surface area contributed by atoms with E-state index in [9.17, 15) is 14.4 Å². The summed E-state index contributed by atoms with van der Waals surface area (Å²) in [4.78, 5) is 36.7. The molecule has 4 rings (SSSR count). The maximum Gasteiger partial charge on any atom is 0.325 e. The summed E-state index contributed by atoms with van der Waals surface area (Å²) < 4.78 is 5.07. The molecule has 0 spiro atoms. The highest BCUT2D eigenvalue weighted by atomic mass is 16.5. The Morgan fingerprint density at radius 3 is 2.39 bits per heavy atom. The molecule has 0 radical (unpaired) electrons. The van der Waals surface area contributed by atoms with Gasteiger partial charge in [-0.15, -0.1) is 0 Å². The number of rotatable bonds is 6. The van der Waals surface area contributed by atoms with Crippen molar-refractivity contribution in [3.05, 3.63) is 94.0 Å². The van der Waals surface area contributed by atoms with E-state index in [1.165, 1.54) is 11.1 Å². The maximum atomic E-state index is 12.5. The Bertz CT molecular complexity index is 1200. The lowest BCUT2D eigenvalue weighted by molar-refractivity contribution is -0.141. The van der Waals surface area contributed by atoms with Gasteiger partial charge < -0.3 is 10.1 Å². The highest BCUT2D eigenvalue weighted by molar-refractivity contribution is 6.00. The highest BCUT2D eigenvalue weighted by Gasteiger charge is 2.20. The number of carbonyl (C=O) groups is 3. The monoisotopic (exact) mass is 413 g/mol. The number of fused-ring (bicyclic) bond motifs is 3. The van der Waals surface area contributed by atoms with Crippen LogP contribution in [0.25, 0.3) is 11.1 Å². The van der Waals surface area contributed by atoms with Crippen molar-refractivity contribution in [2.24, 2.45) is 0 Å². The molecule has 1 amide bonds. The zero-order valence-electron chi connectivity index (χ0n) is 17.5. The number of benzene rings is 3. The third-order valence-electron chi connectivity index (χ3n) is 5.65. The van der Waals surface area contributed by atoms with E-state index in [-0.39, 0.29) is 24.8 Å². The number of amides is 1. The van der Waals surface area contributed by atoms with Gasteiger partial charge in [-0.05, 0) is 71.8 Å². The van der Waals surface area contributed by atoms with E-state index in [0.717, 1.165) is 28.7 Å². The van der Waals surface area contributed by atoms with Crippen molar-refractivity contribution in [3.63, 3.8) is 0 Å². The van der Waals surface area contributed by atoms with E-state index in [4.69, 9.17) is 4.74 Å². The minimum absolute atomic E-state index is 0.277. The van der Waals surface area contributed by atoms with Crippen molar-refractivity contribution in [1.29, 1.82) is 0 Å². The van der Waals surface area contributed by atoms with Crippen LogP contribution < -0.4 is 5.32 Å². The second-order valence-electron chi connectivity index (χ2n) is 7.77. The van der Waals surface area contributed by atoms with E-state index in [1.807, 2.05) is 50.2 Å². The summed E-state index contributed by atoms with van der Waals surface area (Å²) in [7, 11) is 0. The van der Waals surface area contributed by atoms with Gasteiger partial charge in [0.05, 0.1) is 0 Å². The fraction of sp³-hybridized carbons (Fsp3) is 0.192. The molecule has 5 heteroatoms. The molecule has 0 fully saturated rings. The molecule has 1 N–H and O–H groups in total. The minimum Gasteiger partial charge on any atom is -0.456 e. The molecule has 156 valence electrons. The second kappa shape index (κ2) is 8.56. The third kappa shape index (κ3) is 4.40. The van der Waals surface area contributed by atoms with Gasteiger partial charge in [0.2, 0.25) is 0 Å². The molecule has 1 aliphatic carbocycles. The summed E-state index contributed by atoms with van der Waals surface area (Å²) in [6.45, 7) is 3.23. The number of carbonyl (C=O) groups excluding carboxylic acids is 3. The average Bonchev–Trinajstić information content (AvgIpc) is 3.15. The van der Waals surface area contributed by atoms with Gasteiger partial charge >= 0.3 is 5.97 Å². The Kier molecular flexibility index (Phi) is 5.67. The molecule has 0 heterocycles. The largest absolute Gasteiger partial charge is 0.456 e. The summed E-state index contributed by atoms with van der Waals surface area (Å²) in [5, 5.41) is 2.53. The number of aryl methyl sites for hydroxylation is 2. The van der Waals surface area contributed by atoms with Crippen LogP contribution in [0.4, 0.5) is 0 Å². The molecule has 5 nitrogen and oxygen atoms in total. The molecule has 0 atom stereocenters. The van der Waals surface area contributed by atoms with Gasteiger partial charge in [0.25, 0.3) is 5.91 Å². The Morgan fingerprint density at radius 2 is 1.58 bits per heavy atom. The average molecular weight is 413 g/mol. The first-order valence-corrected chi connectivity index (χ1v) is 10.2. The predicted molar refractivity (Wildman–Crippen MR) is 118 cm³/mol. The lowest BCUT2D eigenvalue weighted by atomic mass is 10.0. The van der Waals surface area contributed by atoms with Crippen molar-refractivity contribution < 1.29 is 19.1 Å². The van der Waals surface area contributed by atoms with Crippen LogP contribution in [0, 0.1) is 13.8 Å². The van der Waals surface area contributed by atoms with Crippen LogP contribution in [0.15, 0.2) is 60.7 Å². The number of esters is 1. The molecule has 0 aliphatic heterocycles. The van der Waals surface area contributed by atoms with E-state index in [2.05, 4.69) is 11.4 Å². The van der Waals surface area contributed by atoms with Gasteiger partial charge in [0.15, 0.2) is 12.4 Å². The summed E-state index contributed by atoms with van der Waals surface area (Å²) in [5.41, 5.74) is 7.68. The lowest BCUT2D eigenvalue weighted by Gasteiger charge is -2.08. The van der Waals surface area contributed by atoms with Gasteiger partial charge in [-0.1, -0.05) is 42.5 Å². The van der Waals surface area contributed by atoms with E-state index >= 15 is 0 Å². The summed E-state index contributed by atoms with van der Waals surface area (Å²) in [6.07, 6.45) is 0.856. The number of ether oxygens (including phenoxy) is 1. The van der Waals surface area contributed by atoms with Crippen LogP contribution in [0.1, 0.15) is 43.0 Å². The summed E-state index contributed by atoms with van der Waals surface area (Å²) >= 11 is 0. The molecule has 0 saturated heterocycles. The molecule has 0 saturated carbocycles.